The van der Waals surface area contributed by atoms with Gasteiger partial charge < -0.3 is 9.47 Å². The minimum Gasteiger partial charge on any atom is -0.395 e. The van der Waals surface area contributed by atoms with E-state index in [0.717, 1.165) is 5.56 Å². The van der Waals surface area contributed by atoms with E-state index in [1.807, 2.05) is 13.8 Å². The van der Waals surface area contributed by atoms with Crippen molar-refractivity contribution < 1.29 is 14.3 Å². The molecule has 15 heavy (non-hydrogen) atoms. The molecule has 0 spiro atoms. The summed E-state index contributed by atoms with van der Waals surface area (Å²) in [5, 5.41) is 0. The highest BCUT2D eigenvalue weighted by molar-refractivity contribution is 6.61. The van der Waals surface area contributed by atoms with Gasteiger partial charge in [-0.1, -0.05) is 0 Å². The van der Waals surface area contributed by atoms with Gasteiger partial charge in [-0.05, 0) is 19.9 Å². The van der Waals surface area contributed by atoms with Crippen molar-refractivity contribution in [3.05, 3.63) is 23.9 Å². The number of pyridine rings is 1. The van der Waals surface area contributed by atoms with Crippen LogP contribution in [0, 0.1) is 0 Å². The number of carbonyl (C=O) groups excluding carboxylic acids is 1. The second kappa shape index (κ2) is 4.59. The Balaban J connectivity index is 2.85. The Morgan fingerprint density at radius 2 is 2.13 bits per heavy atom. The first-order chi connectivity index (χ1) is 6.95. The number of aromatic nitrogens is 1. The number of hydrogen-bond donors (Lipinski definition) is 0. The van der Waals surface area contributed by atoms with E-state index in [0.29, 0.717) is 0 Å². The van der Waals surface area contributed by atoms with E-state index >= 15 is 0 Å². The smallest absolute Gasteiger partial charge is 0.395 e. The Labute approximate surface area is 93.2 Å². The van der Waals surface area contributed by atoms with Gasteiger partial charge in [0.2, 0.25) is 5.88 Å². The molecule has 1 heterocycles. The lowest BCUT2D eigenvalue weighted by Gasteiger charge is -2.22. The highest BCUT2D eigenvalue weighted by Gasteiger charge is 2.19. The summed E-state index contributed by atoms with van der Waals surface area (Å²) >= 11 is 5.04. The molecule has 0 radical (unpaired) electrons. The van der Waals surface area contributed by atoms with E-state index < -0.39 is 11.0 Å². The fourth-order valence-electron chi connectivity index (χ4n) is 0.997. The normalized spacial score (nSPS) is 11.2. The zero-order chi connectivity index (χ0) is 11.5. The van der Waals surface area contributed by atoms with Crippen LogP contribution >= 0.6 is 11.6 Å². The zero-order valence-electron chi connectivity index (χ0n) is 8.78. The SMILES string of the molecule is COC(C)(C)c1ccc(OC(=O)Cl)nc1. The van der Waals surface area contributed by atoms with Crippen molar-refractivity contribution in [3.63, 3.8) is 0 Å². The molecule has 1 rings (SSSR count). The lowest BCUT2D eigenvalue weighted by Crippen LogP contribution is -2.19. The van der Waals surface area contributed by atoms with Gasteiger partial charge in [0.15, 0.2) is 0 Å². The van der Waals surface area contributed by atoms with Crippen LogP contribution in [0.4, 0.5) is 4.79 Å². The Kier molecular flexibility index (Phi) is 3.66. The van der Waals surface area contributed by atoms with Gasteiger partial charge in [0.25, 0.3) is 0 Å². The molecule has 1 aromatic heterocycles. The largest absolute Gasteiger partial charge is 0.410 e. The molecule has 0 amide bonds. The van der Waals surface area contributed by atoms with Crippen molar-refractivity contribution in [3.8, 4) is 5.88 Å². The summed E-state index contributed by atoms with van der Waals surface area (Å²) in [6, 6.07) is 3.34. The van der Waals surface area contributed by atoms with E-state index in [-0.39, 0.29) is 5.88 Å². The maximum Gasteiger partial charge on any atom is 0.410 e. The van der Waals surface area contributed by atoms with Crippen LogP contribution in [0.2, 0.25) is 0 Å². The Bertz CT molecular complexity index is 348. The van der Waals surface area contributed by atoms with Crippen LogP contribution in [-0.4, -0.2) is 17.5 Å². The molecule has 0 aliphatic heterocycles. The van der Waals surface area contributed by atoms with E-state index in [1.165, 1.54) is 0 Å². The van der Waals surface area contributed by atoms with Crippen molar-refractivity contribution in [1.82, 2.24) is 4.98 Å². The third-order valence-electron chi connectivity index (χ3n) is 2.13. The summed E-state index contributed by atoms with van der Waals surface area (Å²) in [5.74, 6) is 0.172. The number of nitrogens with zero attached hydrogens (tertiary/aromatic N) is 1. The van der Waals surface area contributed by atoms with Crippen LogP contribution in [0.3, 0.4) is 0 Å². The van der Waals surface area contributed by atoms with E-state index in [2.05, 4.69) is 9.72 Å². The summed E-state index contributed by atoms with van der Waals surface area (Å²) in [7, 11) is 1.62. The number of methoxy groups -OCH3 is 1. The first kappa shape index (κ1) is 11.9. The highest BCUT2D eigenvalue weighted by Crippen LogP contribution is 2.24. The van der Waals surface area contributed by atoms with Gasteiger partial charge in [-0.2, -0.15) is 0 Å². The Morgan fingerprint density at radius 1 is 1.47 bits per heavy atom. The van der Waals surface area contributed by atoms with Crippen LogP contribution in [-0.2, 0) is 10.3 Å². The molecule has 0 atom stereocenters. The van der Waals surface area contributed by atoms with Crippen LogP contribution < -0.4 is 4.74 Å². The fraction of sp³-hybridized carbons (Fsp3) is 0.400. The molecule has 1 aromatic rings. The van der Waals surface area contributed by atoms with Gasteiger partial charge in [-0.15, -0.1) is 0 Å². The monoisotopic (exact) mass is 229 g/mol. The van der Waals surface area contributed by atoms with Gasteiger partial charge in [0.1, 0.15) is 0 Å². The standard InChI is InChI=1S/C10H12ClNO3/c1-10(2,14-3)7-4-5-8(12-6-7)15-9(11)13/h4-6H,1-3H3. The van der Waals surface area contributed by atoms with Crippen molar-refractivity contribution in [1.29, 1.82) is 0 Å². The molecule has 0 aromatic carbocycles. The molecule has 0 aliphatic carbocycles. The Morgan fingerprint density at radius 3 is 2.53 bits per heavy atom. The topological polar surface area (TPSA) is 48.4 Å². The molecule has 0 bridgehead atoms. The second-order valence-electron chi connectivity index (χ2n) is 3.44. The van der Waals surface area contributed by atoms with Gasteiger partial charge in [0, 0.05) is 36.5 Å². The first-order valence-corrected chi connectivity index (χ1v) is 4.72. The summed E-state index contributed by atoms with van der Waals surface area (Å²) in [4.78, 5) is 14.4. The molecular weight excluding hydrogens is 218 g/mol. The minimum atomic E-state index is -0.902. The van der Waals surface area contributed by atoms with Crippen molar-refractivity contribution in [2.24, 2.45) is 0 Å². The lowest BCUT2D eigenvalue weighted by molar-refractivity contribution is 0.0189. The molecule has 0 fully saturated rings. The summed E-state index contributed by atoms with van der Waals surface area (Å²) in [6.45, 7) is 3.83. The fourth-order valence-corrected chi connectivity index (χ4v) is 1.08. The molecule has 0 unspecified atom stereocenters. The predicted octanol–water partition coefficient (Wildman–Crippen LogP) is 2.70. The number of hydrogen-bond acceptors (Lipinski definition) is 4. The summed E-state index contributed by atoms with van der Waals surface area (Å²) < 4.78 is 9.86. The molecule has 0 saturated heterocycles. The van der Waals surface area contributed by atoms with Crippen LogP contribution in [0.5, 0.6) is 5.88 Å². The molecule has 4 nitrogen and oxygen atoms in total. The molecule has 5 heteroatoms. The van der Waals surface area contributed by atoms with Gasteiger partial charge in [-0.3, -0.25) is 0 Å². The van der Waals surface area contributed by atoms with Gasteiger partial charge >= 0.3 is 5.43 Å². The third kappa shape index (κ3) is 3.18. The number of halogens is 1. The quantitative estimate of drug-likeness (QED) is 0.748. The molecule has 0 N–H and O–H groups in total. The lowest BCUT2D eigenvalue weighted by atomic mass is 10.0. The highest BCUT2D eigenvalue weighted by atomic mass is 35.5. The van der Waals surface area contributed by atoms with Crippen LogP contribution in [0.25, 0.3) is 0 Å². The average Bonchev–Trinajstić information content (AvgIpc) is 2.18. The third-order valence-corrected chi connectivity index (χ3v) is 2.20. The van der Waals surface area contributed by atoms with Gasteiger partial charge in [0.05, 0.1) is 5.60 Å². The van der Waals surface area contributed by atoms with Crippen LogP contribution in [0.1, 0.15) is 19.4 Å². The maximum absolute atomic E-state index is 10.4. The van der Waals surface area contributed by atoms with Crippen LogP contribution in [0.15, 0.2) is 18.3 Å². The number of rotatable bonds is 3. The predicted molar refractivity (Wildman–Crippen MR) is 56.1 cm³/mol. The molecule has 82 valence electrons. The first-order valence-electron chi connectivity index (χ1n) is 4.34. The Hall–Kier alpha value is -1.13. The van der Waals surface area contributed by atoms with Crippen molar-refractivity contribution in [2.45, 2.75) is 19.4 Å². The second-order valence-corrected chi connectivity index (χ2v) is 3.75. The summed E-state index contributed by atoms with van der Waals surface area (Å²) in [5.41, 5.74) is -0.433. The van der Waals surface area contributed by atoms with Crippen molar-refractivity contribution >= 4 is 17.0 Å². The molecule has 0 aliphatic rings. The zero-order valence-corrected chi connectivity index (χ0v) is 9.54. The van der Waals surface area contributed by atoms with E-state index in [1.54, 1.807) is 25.4 Å². The molecule has 0 saturated carbocycles. The maximum atomic E-state index is 10.4. The van der Waals surface area contributed by atoms with Gasteiger partial charge in [-0.25, -0.2) is 9.78 Å². The van der Waals surface area contributed by atoms with E-state index in [9.17, 15) is 4.79 Å². The van der Waals surface area contributed by atoms with Crippen molar-refractivity contribution in [2.75, 3.05) is 7.11 Å². The summed E-state index contributed by atoms with van der Waals surface area (Å²) in [6.07, 6.45) is 1.58. The minimum absolute atomic E-state index is 0.172. The number of carbonyl (C=O) groups is 1. The molecular formula is C10H12ClNO3. The average molecular weight is 230 g/mol. The van der Waals surface area contributed by atoms with E-state index in [4.69, 9.17) is 16.3 Å². The number of ether oxygens (including phenoxy) is 2.